The first kappa shape index (κ1) is 15.8. The average molecular weight is 294 g/mol. The number of hydrogen-bond donors (Lipinski definition) is 1. The van der Waals surface area contributed by atoms with Crippen LogP contribution in [0.15, 0.2) is 0 Å². The van der Waals surface area contributed by atoms with Crippen LogP contribution < -0.4 is 5.32 Å². The molecule has 0 amide bonds. The largest absolute Gasteiger partial charge is 0.381 e. The highest BCUT2D eigenvalue weighted by Gasteiger charge is 2.32. The molecule has 122 valence electrons. The Bertz CT molecular complexity index is 298. The monoisotopic (exact) mass is 294 g/mol. The van der Waals surface area contributed by atoms with Gasteiger partial charge in [-0.1, -0.05) is 26.2 Å². The molecule has 3 atom stereocenters. The Balaban J connectivity index is 1.50. The van der Waals surface area contributed by atoms with E-state index in [0.29, 0.717) is 0 Å². The van der Waals surface area contributed by atoms with E-state index in [1.807, 2.05) is 0 Å². The van der Waals surface area contributed by atoms with E-state index in [-0.39, 0.29) is 0 Å². The fourth-order valence-electron chi connectivity index (χ4n) is 4.57. The summed E-state index contributed by atoms with van der Waals surface area (Å²) in [4.78, 5) is 2.80. The molecular formula is C18H34N2O. The highest BCUT2D eigenvalue weighted by molar-refractivity contribution is 4.90. The van der Waals surface area contributed by atoms with Gasteiger partial charge in [-0.15, -0.1) is 0 Å². The van der Waals surface area contributed by atoms with Gasteiger partial charge in [-0.05, 0) is 50.5 Å². The van der Waals surface area contributed by atoms with E-state index in [2.05, 4.69) is 17.1 Å². The van der Waals surface area contributed by atoms with E-state index in [1.54, 1.807) is 0 Å². The second kappa shape index (κ2) is 7.94. The number of hydrogen-bond acceptors (Lipinski definition) is 3. The van der Waals surface area contributed by atoms with E-state index in [9.17, 15) is 0 Å². The molecule has 1 saturated carbocycles. The third kappa shape index (κ3) is 4.20. The molecule has 3 nitrogen and oxygen atoms in total. The topological polar surface area (TPSA) is 24.5 Å². The van der Waals surface area contributed by atoms with Gasteiger partial charge < -0.3 is 10.1 Å². The van der Waals surface area contributed by atoms with Gasteiger partial charge in [-0.25, -0.2) is 0 Å². The van der Waals surface area contributed by atoms with Crippen molar-refractivity contribution in [2.75, 3.05) is 32.8 Å². The Morgan fingerprint density at radius 1 is 1.14 bits per heavy atom. The molecule has 0 aromatic rings. The van der Waals surface area contributed by atoms with Gasteiger partial charge in [0.25, 0.3) is 0 Å². The van der Waals surface area contributed by atoms with Crippen LogP contribution in [0.5, 0.6) is 0 Å². The van der Waals surface area contributed by atoms with Crippen LogP contribution in [0.2, 0.25) is 0 Å². The molecule has 0 aromatic heterocycles. The van der Waals surface area contributed by atoms with E-state index in [0.717, 1.165) is 37.1 Å². The molecule has 3 unspecified atom stereocenters. The van der Waals surface area contributed by atoms with Crippen molar-refractivity contribution in [2.24, 2.45) is 11.8 Å². The molecule has 3 rings (SSSR count). The van der Waals surface area contributed by atoms with Crippen molar-refractivity contribution in [3.8, 4) is 0 Å². The molecule has 21 heavy (non-hydrogen) atoms. The zero-order chi connectivity index (χ0) is 14.5. The van der Waals surface area contributed by atoms with Gasteiger partial charge in [0.15, 0.2) is 0 Å². The highest BCUT2D eigenvalue weighted by Crippen LogP contribution is 2.29. The molecule has 2 aliphatic heterocycles. The maximum Gasteiger partial charge on any atom is 0.0495 e. The highest BCUT2D eigenvalue weighted by atomic mass is 16.5. The zero-order valence-electron chi connectivity index (χ0n) is 13.9. The summed E-state index contributed by atoms with van der Waals surface area (Å²) in [6, 6.07) is 1.51. The third-order valence-corrected chi connectivity index (χ3v) is 6.10. The fraction of sp³-hybridized carbons (Fsp3) is 1.00. The molecule has 0 spiro atoms. The summed E-state index contributed by atoms with van der Waals surface area (Å²) < 4.78 is 5.54. The lowest BCUT2D eigenvalue weighted by molar-refractivity contribution is 0.0866. The minimum absolute atomic E-state index is 0.757. The van der Waals surface area contributed by atoms with E-state index in [1.165, 1.54) is 71.0 Å². The molecule has 0 bridgehead atoms. The van der Waals surface area contributed by atoms with E-state index in [4.69, 9.17) is 4.74 Å². The van der Waals surface area contributed by atoms with Crippen molar-refractivity contribution >= 4 is 0 Å². The van der Waals surface area contributed by atoms with Gasteiger partial charge in [0.1, 0.15) is 0 Å². The summed E-state index contributed by atoms with van der Waals surface area (Å²) in [6.07, 6.45) is 11.2. The standard InChI is InChI=1S/C18H34N2O/c1-2-17-12-19-18(16-6-4-3-5-7-16)13-20(17)10-8-15-9-11-21-14-15/h15-19H,2-14H2,1H3. The maximum atomic E-state index is 5.54. The molecule has 2 saturated heterocycles. The van der Waals surface area contributed by atoms with Crippen LogP contribution in [0, 0.1) is 11.8 Å². The minimum Gasteiger partial charge on any atom is -0.381 e. The van der Waals surface area contributed by atoms with Gasteiger partial charge >= 0.3 is 0 Å². The summed E-state index contributed by atoms with van der Waals surface area (Å²) in [7, 11) is 0. The number of rotatable bonds is 5. The molecule has 1 aliphatic carbocycles. The van der Waals surface area contributed by atoms with Crippen molar-refractivity contribution in [3.63, 3.8) is 0 Å². The van der Waals surface area contributed by atoms with Crippen LogP contribution >= 0.6 is 0 Å². The summed E-state index contributed by atoms with van der Waals surface area (Å²) in [5, 5.41) is 3.88. The van der Waals surface area contributed by atoms with Crippen LogP contribution in [-0.2, 0) is 4.74 Å². The van der Waals surface area contributed by atoms with Gasteiger partial charge in [0.2, 0.25) is 0 Å². The fourth-order valence-corrected chi connectivity index (χ4v) is 4.57. The molecule has 3 fully saturated rings. The number of nitrogens with zero attached hydrogens (tertiary/aromatic N) is 1. The Morgan fingerprint density at radius 2 is 2.00 bits per heavy atom. The lowest BCUT2D eigenvalue weighted by Crippen LogP contribution is -2.59. The minimum atomic E-state index is 0.757. The second-order valence-electron chi connectivity index (χ2n) is 7.49. The number of piperazine rings is 1. The molecule has 3 heteroatoms. The molecule has 1 N–H and O–H groups in total. The van der Waals surface area contributed by atoms with Gasteiger partial charge in [0, 0.05) is 38.4 Å². The van der Waals surface area contributed by atoms with Crippen LogP contribution in [0.4, 0.5) is 0 Å². The molecular weight excluding hydrogens is 260 g/mol. The second-order valence-corrected chi connectivity index (χ2v) is 7.49. The Kier molecular flexibility index (Phi) is 5.96. The maximum absolute atomic E-state index is 5.54. The number of ether oxygens (including phenoxy) is 1. The van der Waals surface area contributed by atoms with Crippen LogP contribution in [0.1, 0.15) is 58.3 Å². The van der Waals surface area contributed by atoms with Crippen LogP contribution in [-0.4, -0.2) is 49.8 Å². The van der Waals surface area contributed by atoms with Gasteiger partial charge in [0.05, 0.1) is 0 Å². The van der Waals surface area contributed by atoms with Crippen LogP contribution in [0.25, 0.3) is 0 Å². The lowest BCUT2D eigenvalue weighted by Gasteiger charge is -2.44. The predicted molar refractivity (Wildman–Crippen MR) is 87.6 cm³/mol. The Labute approximate surface area is 130 Å². The summed E-state index contributed by atoms with van der Waals surface area (Å²) in [5.41, 5.74) is 0. The smallest absolute Gasteiger partial charge is 0.0495 e. The quantitative estimate of drug-likeness (QED) is 0.843. The van der Waals surface area contributed by atoms with Gasteiger partial charge in [-0.3, -0.25) is 4.90 Å². The first-order valence-corrected chi connectivity index (χ1v) is 9.42. The van der Waals surface area contributed by atoms with Crippen molar-refractivity contribution in [1.29, 1.82) is 0 Å². The normalized spacial score (nSPS) is 36.1. The van der Waals surface area contributed by atoms with E-state index < -0.39 is 0 Å². The predicted octanol–water partition coefficient (Wildman–Crippen LogP) is 3.05. The lowest BCUT2D eigenvalue weighted by atomic mass is 9.82. The van der Waals surface area contributed by atoms with Crippen molar-refractivity contribution in [3.05, 3.63) is 0 Å². The molecule has 0 radical (unpaired) electrons. The summed E-state index contributed by atoms with van der Waals surface area (Å²) in [5.74, 6) is 1.76. The SMILES string of the molecule is CCC1CNC(C2CCCCC2)CN1CCC1CCOC1. The van der Waals surface area contributed by atoms with Gasteiger partial charge in [-0.2, -0.15) is 0 Å². The molecule has 2 heterocycles. The Hall–Kier alpha value is -0.120. The first-order chi connectivity index (χ1) is 10.4. The summed E-state index contributed by atoms with van der Waals surface area (Å²) >= 11 is 0. The van der Waals surface area contributed by atoms with Crippen molar-refractivity contribution in [1.82, 2.24) is 10.2 Å². The zero-order valence-corrected chi connectivity index (χ0v) is 13.9. The first-order valence-electron chi connectivity index (χ1n) is 9.42. The third-order valence-electron chi connectivity index (χ3n) is 6.10. The number of nitrogens with one attached hydrogen (secondary N) is 1. The van der Waals surface area contributed by atoms with Crippen LogP contribution in [0.3, 0.4) is 0 Å². The van der Waals surface area contributed by atoms with E-state index >= 15 is 0 Å². The summed E-state index contributed by atoms with van der Waals surface area (Å²) in [6.45, 7) is 8.13. The molecule has 0 aromatic carbocycles. The van der Waals surface area contributed by atoms with Crippen molar-refractivity contribution in [2.45, 2.75) is 70.4 Å². The average Bonchev–Trinajstić information content (AvgIpc) is 3.07. The molecule has 3 aliphatic rings. The Morgan fingerprint density at radius 3 is 2.71 bits per heavy atom. The van der Waals surface area contributed by atoms with Crippen molar-refractivity contribution < 1.29 is 4.74 Å².